The molecule has 0 N–H and O–H groups in total. The average molecular weight is 461 g/mol. The Bertz CT molecular complexity index is 579. The first-order valence-corrected chi connectivity index (χ1v) is 14.2. The van der Waals surface area contributed by atoms with Gasteiger partial charge in [-0.25, -0.2) is 8.42 Å². The van der Waals surface area contributed by atoms with Gasteiger partial charge in [-0.05, 0) is 66.1 Å². The molecule has 31 heavy (non-hydrogen) atoms. The third-order valence-corrected chi connectivity index (χ3v) is 9.10. The normalized spacial score (nSPS) is 25.8. The zero-order valence-corrected chi connectivity index (χ0v) is 22.9. The van der Waals surface area contributed by atoms with Crippen molar-refractivity contribution in [3.05, 3.63) is 0 Å². The van der Waals surface area contributed by atoms with Crippen molar-refractivity contribution in [2.24, 2.45) is 34.0 Å². The summed E-state index contributed by atoms with van der Waals surface area (Å²) in [5.74, 6) is 3.05. The van der Waals surface area contributed by atoms with Crippen molar-refractivity contribution in [1.29, 1.82) is 0 Å². The van der Waals surface area contributed by atoms with E-state index in [1.165, 1.54) is 19.3 Å². The minimum absolute atomic E-state index is 0.274. The maximum atomic E-state index is 11.1. The van der Waals surface area contributed by atoms with Crippen LogP contribution >= 0.6 is 0 Å². The van der Waals surface area contributed by atoms with E-state index >= 15 is 0 Å². The van der Waals surface area contributed by atoms with E-state index in [0.29, 0.717) is 28.3 Å². The topological polar surface area (TPSA) is 52.6 Å². The minimum atomic E-state index is -2.68. The summed E-state index contributed by atoms with van der Waals surface area (Å²) in [7, 11) is -2.68. The maximum Gasteiger partial charge on any atom is 0.150 e. The summed E-state index contributed by atoms with van der Waals surface area (Å²) in [6.45, 7) is 24.3. The number of rotatable bonds is 0. The molecule has 1 unspecified atom stereocenters. The average Bonchev–Trinajstić information content (AvgIpc) is 3.17. The van der Waals surface area contributed by atoms with E-state index < -0.39 is 9.84 Å². The Labute approximate surface area is 194 Å². The molecule has 0 spiro atoms. The largest absolute Gasteiger partial charge is 0.381 e. The van der Waals surface area contributed by atoms with Crippen molar-refractivity contribution in [2.75, 3.05) is 37.9 Å². The van der Waals surface area contributed by atoms with Crippen molar-refractivity contribution < 1.29 is 17.9 Å². The molecule has 1 atom stereocenters. The molecule has 3 saturated heterocycles. The second-order valence-corrected chi connectivity index (χ2v) is 15.3. The lowest BCUT2D eigenvalue weighted by molar-refractivity contribution is 0.0286. The molecule has 0 aromatic rings. The fourth-order valence-electron chi connectivity index (χ4n) is 4.54. The molecule has 0 radical (unpaired) electrons. The molecule has 5 heteroatoms. The molecular formula is C26H52O4S. The SMILES string of the molecule is CC(C)(C)C1CCOC1.CC(C)(C)C1CCOCC1.CC(C)(C)C1CCS(=O)(=O)CC1. The summed E-state index contributed by atoms with van der Waals surface area (Å²) < 4.78 is 32.8. The van der Waals surface area contributed by atoms with Crippen LogP contribution in [-0.4, -0.2) is 46.4 Å². The molecule has 3 heterocycles. The highest BCUT2D eigenvalue weighted by molar-refractivity contribution is 7.91. The summed E-state index contributed by atoms with van der Waals surface area (Å²) >= 11 is 0. The lowest BCUT2D eigenvalue weighted by Gasteiger charge is -2.33. The van der Waals surface area contributed by atoms with E-state index in [2.05, 4.69) is 62.3 Å². The lowest BCUT2D eigenvalue weighted by atomic mass is 9.76. The van der Waals surface area contributed by atoms with Crippen LogP contribution in [0.1, 0.15) is 94.4 Å². The molecule has 0 bridgehead atoms. The Hall–Kier alpha value is -0.130. The number of ether oxygens (including phenoxy) is 2. The second kappa shape index (κ2) is 11.8. The highest BCUT2D eigenvalue weighted by Gasteiger charge is 2.31. The van der Waals surface area contributed by atoms with Gasteiger partial charge in [-0.3, -0.25) is 0 Å². The molecule has 0 aromatic heterocycles. The van der Waals surface area contributed by atoms with Gasteiger partial charge in [0.05, 0.1) is 11.5 Å². The predicted octanol–water partition coefficient (Wildman–Crippen LogP) is 6.39. The fraction of sp³-hybridized carbons (Fsp3) is 1.00. The summed E-state index contributed by atoms with van der Waals surface area (Å²) in [6, 6.07) is 0. The van der Waals surface area contributed by atoms with Crippen LogP contribution in [0.4, 0.5) is 0 Å². The van der Waals surface area contributed by atoms with Crippen molar-refractivity contribution in [3.63, 3.8) is 0 Å². The van der Waals surface area contributed by atoms with Crippen LogP contribution in [0, 0.1) is 34.0 Å². The van der Waals surface area contributed by atoms with E-state index in [-0.39, 0.29) is 5.41 Å². The molecule has 3 rings (SSSR count). The quantitative estimate of drug-likeness (QED) is 0.420. The van der Waals surface area contributed by atoms with Crippen LogP contribution in [0.2, 0.25) is 0 Å². The highest BCUT2D eigenvalue weighted by Crippen LogP contribution is 2.35. The first-order valence-electron chi connectivity index (χ1n) is 12.4. The standard InChI is InChI=1S/C9H18O2S.C9H18O.C8H16O/c1-9(2,3)8-4-6-12(10,11)7-5-8;1-9(2,3)8-4-6-10-7-5-8;1-8(2,3)7-4-5-9-6-7/h8H,4-7H2,1-3H3;8H,4-7H2,1-3H3;7H,4-6H2,1-3H3. The fourth-order valence-corrected chi connectivity index (χ4v) is 6.03. The predicted molar refractivity (Wildman–Crippen MR) is 132 cm³/mol. The van der Waals surface area contributed by atoms with Gasteiger partial charge >= 0.3 is 0 Å². The van der Waals surface area contributed by atoms with E-state index in [1.807, 2.05) is 0 Å². The van der Waals surface area contributed by atoms with E-state index in [9.17, 15) is 8.42 Å². The van der Waals surface area contributed by atoms with Gasteiger partial charge in [0.25, 0.3) is 0 Å². The van der Waals surface area contributed by atoms with Gasteiger partial charge < -0.3 is 9.47 Å². The third kappa shape index (κ3) is 11.5. The molecule has 0 aromatic carbocycles. The Morgan fingerprint density at radius 2 is 0.903 bits per heavy atom. The molecule has 4 nitrogen and oxygen atoms in total. The van der Waals surface area contributed by atoms with Gasteiger partial charge in [-0.2, -0.15) is 0 Å². The zero-order chi connectivity index (χ0) is 23.9. The summed E-state index contributed by atoms with van der Waals surface area (Å²) in [5, 5.41) is 0. The van der Waals surface area contributed by atoms with E-state index in [1.54, 1.807) is 0 Å². The molecule has 3 fully saturated rings. The molecular weight excluding hydrogens is 408 g/mol. The summed E-state index contributed by atoms with van der Waals surface area (Å²) in [4.78, 5) is 0. The maximum absolute atomic E-state index is 11.1. The highest BCUT2D eigenvalue weighted by atomic mass is 32.2. The Morgan fingerprint density at radius 1 is 0.548 bits per heavy atom. The van der Waals surface area contributed by atoms with Gasteiger partial charge in [-0.1, -0.05) is 62.3 Å². The smallest absolute Gasteiger partial charge is 0.150 e. The molecule has 186 valence electrons. The Kier molecular flexibility index (Phi) is 11.0. The van der Waals surface area contributed by atoms with Crippen LogP contribution in [0.25, 0.3) is 0 Å². The van der Waals surface area contributed by atoms with Gasteiger partial charge in [0.1, 0.15) is 9.84 Å². The molecule has 0 saturated carbocycles. The summed E-state index contributed by atoms with van der Waals surface area (Å²) in [5.41, 5.74) is 1.22. The molecule has 0 amide bonds. The van der Waals surface area contributed by atoms with Crippen LogP contribution in [0.3, 0.4) is 0 Å². The van der Waals surface area contributed by atoms with Crippen molar-refractivity contribution >= 4 is 9.84 Å². The van der Waals surface area contributed by atoms with E-state index in [4.69, 9.17) is 9.47 Å². The van der Waals surface area contributed by atoms with Gasteiger partial charge in [0.2, 0.25) is 0 Å². The van der Waals surface area contributed by atoms with Crippen molar-refractivity contribution in [2.45, 2.75) is 94.4 Å². The van der Waals surface area contributed by atoms with Crippen LogP contribution < -0.4 is 0 Å². The summed E-state index contributed by atoms with van der Waals surface area (Å²) in [6.07, 6.45) is 5.47. The lowest BCUT2D eigenvalue weighted by Crippen LogP contribution is -2.31. The van der Waals surface area contributed by atoms with Gasteiger partial charge in [-0.15, -0.1) is 0 Å². The zero-order valence-electron chi connectivity index (χ0n) is 22.1. The third-order valence-electron chi connectivity index (χ3n) is 7.38. The monoisotopic (exact) mass is 460 g/mol. The van der Waals surface area contributed by atoms with Gasteiger partial charge in [0, 0.05) is 26.4 Å². The van der Waals surface area contributed by atoms with Crippen molar-refractivity contribution in [3.8, 4) is 0 Å². The van der Waals surface area contributed by atoms with Crippen molar-refractivity contribution in [1.82, 2.24) is 0 Å². The second-order valence-electron chi connectivity index (χ2n) is 13.0. The van der Waals surface area contributed by atoms with Gasteiger partial charge in [0.15, 0.2) is 0 Å². The van der Waals surface area contributed by atoms with Crippen LogP contribution in [0.15, 0.2) is 0 Å². The van der Waals surface area contributed by atoms with E-state index in [0.717, 1.165) is 51.1 Å². The number of hydrogen-bond donors (Lipinski definition) is 0. The van der Waals surface area contributed by atoms with Crippen LogP contribution in [-0.2, 0) is 19.3 Å². The minimum Gasteiger partial charge on any atom is -0.381 e. The molecule has 3 aliphatic rings. The Balaban J connectivity index is 0.000000235. The first-order chi connectivity index (χ1) is 14.0. The Morgan fingerprint density at radius 3 is 1.19 bits per heavy atom. The molecule has 0 aliphatic carbocycles. The molecule has 3 aliphatic heterocycles. The number of sulfone groups is 1. The first kappa shape index (κ1) is 28.9. The van der Waals surface area contributed by atoms with Crippen LogP contribution in [0.5, 0.6) is 0 Å². The number of hydrogen-bond acceptors (Lipinski definition) is 4.